The van der Waals surface area contributed by atoms with Gasteiger partial charge in [0, 0.05) is 23.5 Å². The van der Waals surface area contributed by atoms with Crippen molar-refractivity contribution in [2.45, 2.75) is 18.9 Å². The van der Waals surface area contributed by atoms with Crippen molar-refractivity contribution in [3.8, 4) is 0 Å². The van der Waals surface area contributed by atoms with Crippen molar-refractivity contribution in [1.29, 1.82) is 0 Å². The number of rotatable bonds is 4. The Morgan fingerprint density at radius 3 is 2.77 bits per heavy atom. The zero-order chi connectivity index (χ0) is 15.5. The highest BCUT2D eigenvalue weighted by Crippen LogP contribution is 2.22. The molecular weight excluding hydrogens is 303 g/mol. The summed E-state index contributed by atoms with van der Waals surface area (Å²) in [4.78, 5) is 26.6. The van der Waals surface area contributed by atoms with Crippen LogP contribution < -0.4 is 10.2 Å². The summed E-state index contributed by atoms with van der Waals surface area (Å²) in [5.41, 5.74) is 0.654. The molecule has 2 amide bonds. The van der Waals surface area contributed by atoms with Gasteiger partial charge in [-0.3, -0.25) is 9.59 Å². The Hall–Kier alpha value is -2.21. The second-order valence-corrected chi connectivity index (χ2v) is 6.24. The van der Waals surface area contributed by atoms with E-state index < -0.39 is 0 Å². The normalized spacial score (nSPS) is 17.8. The highest BCUT2D eigenvalue weighted by atomic mass is 32.1. The number of carbonyl (C=O) groups excluding carboxylic acids is 2. The van der Waals surface area contributed by atoms with Crippen LogP contribution >= 0.6 is 11.3 Å². The fourth-order valence-corrected chi connectivity index (χ4v) is 3.23. The topological polar surface area (TPSA) is 49.4 Å². The smallest absolute Gasteiger partial charge is 0.229 e. The number of carbonyl (C=O) groups is 2. The van der Waals surface area contributed by atoms with Gasteiger partial charge in [0.05, 0.1) is 12.5 Å². The first kappa shape index (κ1) is 14.7. The third kappa shape index (κ3) is 3.33. The molecule has 0 aliphatic carbocycles. The lowest BCUT2D eigenvalue weighted by atomic mass is 10.2. The summed E-state index contributed by atoms with van der Waals surface area (Å²) >= 11 is 1.53. The molecule has 0 bridgehead atoms. The van der Waals surface area contributed by atoms with E-state index in [1.165, 1.54) is 23.5 Å². The molecule has 1 aromatic carbocycles. The van der Waals surface area contributed by atoms with Crippen molar-refractivity contribution in [1.82, 2.24) is 5.32 Å². The van der Waals surface area contributed by atoms with Crippen LogP contribution in [0.2, 0.25) is 0 Å². The van der Waals surface area contributed by atoms with Gasteiger partial charge in [-0.25, -0.2) is 4.39 Å². The van der Waals surface area contributed by atoms with Gasteiger partial charge >= 0.3 is 0 Å². The molecule has 1 saturated heterocycles. The van der Waals surface area contributed by atoms with E-state index in [0.29, 0.717) is 18.7 Å². The van der Waals surface area contributed by atoms with Crippen LogP contribution in [0.15, 0.2) is 41.8 Å². The van der Waals surface area contributed by atoms with E-state index in [1.807, 2.05) is 17.5 Å². The number of halogens is 1. The second-order valence-electron chi connectivity index (χ2n) is 5.21. The van der Waals surface area contributed by atoms with E-state index >= 15 is 0 Å². The molecule has 6 heteroatoms. The molecule has 1 atom stereocenters. The minimum atomic E-state index is -0.337. The quantitative estimate of drug-likeness (QED) is 0.941. The first-order valence-electron chi connectivity index (χ1n) is 6.99. The Morgan fingerprint density at radius 1 is 1.32 bits per heavy atom. The Bertz CT molecular complexity index is 670. The van der Waals surface area contributed by atoms with Gasteiger partial charge in [-0.05, 0) is 35.7 Å². The summed E-state index contributed by atoms with van der Waals surface area (Å²) in [5, 5.41) is 4.82. The van der Waals surface area contributed by atoms with Gasteiger partial charge in [0.2, 0.25) is 11.8 Å². The van der Waals surface area contributed by atoms with Crippen molar-refractivity contribution < 1.29 is 14.0 Å². The SMILES string of the molecule is O=C(Cc1cccs1)N[C@@H]1CC(=O)N(c2ccc(F)cc2)C1. The molecule has 4 nitrogen and oxygen atoms in total. The van der Waals surface area contributed by atoms with Crippen LogP contribution in [0.1, 0.15) is 11.3 Å². The molecule has 3 rings (SSSR count). The van der Waals surface area contributed by atoms with Gasteiger partial charge in [0.1, 0.15) is 5.82 Å². The first-order valence-corrected chi connectivity index (χ1v) is 7.87. The number of anilines is 1. The molecule has 2 heterocycles. The molecule has 114 valence electrons. The predicted octanol–water partition coefficient (Wildman–Crippen LogP) is 2.35. The summed E-state index contributed by atoms with van der Waals surface area (Å²) in [6.45, 7) is 0.417. The molecule has 0 unspecified atom stereocenters. The van der Waals surface area contributed by atoms with Crippen LogP contribution in [0.3, 0.4) is 0 Å². The van der Waals surface area contributed by atoms with Crippen molar-refractivity contribution >= 4 is 28.8 Å². The molecule has 1 aliphatic heterocycles. The lowest BCUT2D eigenvalue weighted by molar-refractivity contribution is -0.121. The number of amides is 2. The number of hydrogen-bond acceptors (Lipinski definition) is 3. The third-order valence-corrected chi connectivity index (χ3v) is 4.42. The van der Waals surface area contributed by atoms with Crippen LogP contribution in [0.25, 0.3) is 0 Å². The van der Waals surface area contributed by atoms with E-state index in [1.54, 1.807) is 17.0 Å². The Balaban J connectivity index is 1.59. The highest BCUT2D eigenvalue weighted by Gasteiger charge is 2.31. The maximum absolute atomic E-state index is 12.9. The zero-order valence-corrected chi connectivity index (χ0v) is 12.6. The van der Waals surface area contributed by atoms with E-state index in [0.717, 1.165) is 4.88 Å². The van der Waals surface area contributed by atoms with Crippen molar-refractivity contribution in [2.24, 2.45) is 0 Å². The number of nitrogens with one attached hydrogen (secondary N) is 1. The van der Waals surface area contributed by atoms with E-state index in [2.05, 4.69) is 5.32 Å². The van der Waals surface area contributed by atoms with Crippen molar-refractivity contribution in [2.75, 3.05) is 11.4 Å². The molecule has 1 fully saturated rings. The molecule has 1 aliphatic rings. The number of benzene rings is 1. The Morgan fingerprint density at radius 2 is 2.09 bits per heavy atom. The first-order chi connectivity index (χ1) is 10.6. The second kappa shape index (κ2) is 6.27. The minimum Gasteiger partial charge on any atom is -0.351 e. The molecule has 0 saturated carbocycles. The zero-order valence-electron chi connectivity index (χ0n) is 11.8. The van der Waals surface area contributed by atoms with Gasteiger partial charge in [-0.15, -0.1) is 11.3 Å². The van der Waals surface area contributed by atoms with E-state index in [4.69, 9.17) is 0 Å². The maximum Gasteiger partial charge on any atom is 0.229 e. The largest absolute Gasteiger partial charge is 0.351 e. The summed E-state index contributed by atoms with van der Waals surface area (Å²) in [5.74, 6) is -0.481. The fourth-order valence-electron chi connectivity index (χ4n) is 2.52. The molecule has 1 aromatic heterocycles. The highest BCUT2D eigenvalue weighted by molar-refractivity contribution is 7.10. The van der Waals surface area contributed by atoms with Gasteiger partial charge < -0.3 is 10.2 Å². The van der Waals surface area contributed by atoms with Gasteiger partial charge in [0.25, 0.3) is 0 Å². The molecule has 0 spiro atoms. The van der Waals surface area contributed by atoms with Gasteiger partial charge in [-0.1, -0.05) is 6.07 Å². The van der Waals surface area contributed by atoms with Crippen LogP contribution in [0.4, 0.5) is 10.1 Å². The average Bonchev–Trinajstić information content (AvgIpc) is 3.10. The van der Waals surface area contributed by atoms with Crippen LogP contribution in [-0.2, 0) is 16.0 Å². The van der Waals surface area contributed by atoms with Gasteiger partial charge in [-0.2, -0.15) is 0 Å². The third-order valence-electron chi connectivity index (χ3n) is 3.54. The van der Waals surface area contributed by atoms with Crippen LogP contribution in [0, 0.1) is 5.82 Å². The van der Waals surface area contributed by atoms with Crippen LogP contribution in [-0.4, -0.2) is 24.4 Å². The van der Waals surface area contributed by atoms with E-state index in [9.17, 15) is 14.0 Å². The summed E-state index contributed by atoms with van der Waals surface area (Å²) in [7, 11) is 0. The molecule has 0 radical (unpaired) electrons. The summed E-state index contributed by atoms with van der Waals surface area (Å²) in [6, 6.07) is 9.41. The van der Waals surface area contributed by atoms with E-state index in [-0.39, 0.29) is 30.1 Å². The lowest BCUT2D eigenvalue weighted by Crippen LogP contribution is -2.37. The average molecular weight is 318 g/mol. The Labute approximate surface area is 131 Å². The number of thiophene rings is 1. The van der Waals surface area contributed by atoms with Crippen molar-refractivity contribution in [3.05, 3.63) is 52.5 Å². The van der Waals surface area contributed by atoms with Crippen LogP contribution in [0.5, 0.6) is 0 Å². The number of hydrogen-bond donors (Lipinski definition) is 1. The molecule has 1 N–H and O–H groups in total. The molecular formula is C16H15FN2O2S. The number of nitrogens with zero attached hydrogens (tertiary/aromatic N) is 1. The van der Waals surface area contributed by atoms with Crippen molar-refractivity contribution in [3.63, 3.8) is 0 Å². The predicted molar refractivity (Wildman–Crippen MR) is 83.3 cm³/mol. The lowest BCUT2D eigenvalue weighted by Gasteiger charge is -2.17. The van der Waals surface area contributed by atoms with Gasteiger partial charge in [0.15, 0.2) is 0 Å². The summed E-state index contributed by atoms with van der Waals surface area (Å²) in [6.07, 6.45) is 0.604. The minimum absolute atomic E-state index is 0.0620. The monoisotopic (exact) mass is 318 g/mol. The standard InChI is InChI=1S/C16H15FN2O2S/c17-11-3-5-13(6-4-11)19-10-12(8-16(19)21)18-15(20)9-14-2-1-7-22-14/h1-7,12H,8-10H2,(H,18,20)/t12-/m1/s1. The summed E-state index contributed by atoms with van der Waals surface area (Å²) < 4.78 is 12.9. The fraction of sp³-hybridized carbons (Fsp3) is 0.250. The molecule has 22 heavy (non-hydrogen) atoms. The Kier molecular flexibility index (Phi) is 4.20. The molecule has 2 aromatic rings. The maximum atomic E-state index is 12.9.